The first-order valence-electron chi connectivity index (χ1n) is 7.75. The van der Waals surface area contributed by atoms with Crippen molar-refractivity contribution in [3.05, 3.63) is 45.4 Å². The highest BCUT2D eigenvalue weighted by Crippen LogP contribution is 2.21. The minimum absolute atomic E-state index is 0.0652. The minimum atomic E-state index is -0.0911. The van der Waals surface area contributed by atoms with Crippen LogP contribution in [0.3, 0.4) is 0 Å². The van der Waals surface area contributed by atoms with Crippen molar-refractivity contribution in [2.75, 3.05) is 26.2 Å². The van der Waals surface area contributed by atoms with Crippen LogP contribution >= 0.6 is 11.3 Å². The number of aromatic hydroxyl groups is 1. The molecule has 0 unspecified atom stereocenters. The van der Waals surface area contributed by atoms with Crippen LogP contribution < -0.4 is 0 Å². The van der Waals surface area contributed by atoms with Crippen molar-refractivity contribution < 1.29 is 9.90 Å². The van der Waals surface area contributed by atoms with Crippen molar-refractivity contribution in [2.24, 2.45) is 0 Å². The van der Waals surface area contributed by atoms with Crippen LogP contribution in [0.4, 0.5) is 0 Å². The highest BCUT2D eigenvalue weighted by Gasteiger charge is 2.24. The van der Waals surface area contributed by atoms with Crippen LogP contribution in [-0.2, 0) is 6.54 Å². The third-order valence-corrected chi connectivity index (χ3v) is 4.92. The van der Waals surface area contributed by atoms with Gasteiger partial charge in [-0.05, 0) is 31.5 Å². The van der Waals surface area contributed by atoms with Gasteiger partial charge >= 0.3 is 0 Å². The number of phenols is 1. The summed E-state index contributed by atoms with van der Waals surface area (Å²) in [6.07, 6.45) is 0. The van der Waals surface area contributed by atoms with Crippen LogP contribution in [-0.4, -0.2) is 52.0 Å². The topological polar surface area (TPSA) is 56.7 Å². The minimum Gasteiger partial charge on any atom is -0.507 e. The summed E-state index contributed by atoms with van der Waals surface area (Å²) >= 11 is 1.67. The molecule has 2 heterocycles. The van der Waals surface area contributed by atoms with E-state index < -0.39 is 0 Å². The molecule has 6 heteroatoms. The van der Waals surface area contributed by atoms with Crippen molar-refractivity contribution in [1.29, 1.82) is 0 Å². The number of hydrogen-bond donors (Lipinski definition) is 1. The maximum absolute atomic E-state index is 12.5. The van der Waals surface area contributed by atoms with Gasteiger partial charge in [0.15, 0.2) is 0 Å². The zero-order chi connectivity index (χ0) is 16.4. The number of hydrogen-bond acceptors (Lipinski definition) is 5. The fourth-order valence-corrected chi connectivity index (χ4v) is 3.42. The number of aryl methyl sites for hydroxylation is 2. The van der Waals surface area contributed by atoms with Gasteiger partial charge in [0.05, 0.1) is 16.3 Å². The van der Waals surface area contributed by atoms with Crippen LogP contribution in [0.25, 0.3) is 0 Å². The molecular formula is C17H21N3O2S. The monoisotopic (exact) mass is 331 g/mol. The quantitative estimate of drug-likeness (QED) is 0.938. The molecule has 1 amide bonds. The van der Waals surface area contributed by atoms with E-state index in [1.807, 2.05) is 24.8 Å². The fourth-order valence-electron chi connectivity index (χ4n) is 2.81. The molecule has 1 aliphatic heterocycles. The Morgan fingerprint density at radius 2 is 2.00 bits per heavy atom. The average Bonchev–Trinajstić information content (AvgIpc) is 2.92. The standard InChI is InChI=1S/C17H21N3O2S/c1-12-3-4-15(16(21)9-12)17(22)20-7-5-19(6-8-20)10-14-11-23-13(2)18-14/h3-4,9,11,21H,5-8,10H2,1-2H3. The number of amides is 1. The Balaban J connectivity index is 1.59. The van der Waals surface area contributed by atoms with Crippen molar-refractivity contribution in [3.63, 3.8) is 0 Å². The molecule has 0 bridgehead atoms. The highest BCUT2D eigenvalue weighted by molar-refractivity contribution is 7.09. The van der Waals surface area contributed by atoms with Gasteiger partial charge in [-0.3, -0.25) is 9.69 Å². The number of carbonyl (C=O) groups excluding carboxylic acids is 1. The number of aromatic nitrogens is 1. The lowest BCUT2D eigenvalue weighted by Crippen LogP contribution is -2.48. The van der Waals surface area contributed by atoms with Gasteiger partial charge < -0.3 is 10.0 Å². The second-order valence-corrected chi connectivity index (χ2v) is 7.01. The maximum Gasteiger partial charge on any atom is 0.257 e. The molecule has 1 aromatic heterocycles. The third kappa shape index (κ3) is 3.71. The van der Waals surface area contributed by atoms with Gasteiger partial charge in [0.1, 0.15) is 5.75 Å². The zero-order valence-electron chi connectivity index (χ0n) is 13.5. The molecule has 23 heavy (non-hydrogen) atoms. The van der Waals surface area contributed by atoms with E-state index in [-0.39, 0.29) is 11.7 Å². The molecule has 1 N–H and O–H groups in total. The zero-order valence-corrected chi connectivity index (χ0v) is 14.3. The van der Waals surface area contributed by atoms with E-state index in [9.17, 15) is 9.90 Å². The van der Waals surface area contributed by atoms with Crippen LogP contribution in [0, 0.1) is 13.8 Å². The lowest BCUT2D eigenvalue weighted by Gasteiger charge is -2.34. The Morgan fingerprint density at radius 1 is 1.26 bits per heavy atom. The SMILES string of the molecule is Cc1ccc(C(=O)N2CCN(Cc3csc(C)n3)CC2)c(O)c1. The van der Waals surface area contributed by atoms with E-state index in [1.165, 1.54) is 0 Å². The summed E-state index contributed by atoms with van der Waals surface area (Å²) < 4.78 is 0. The van der Waals surface area contributed by atoms with E-state index in [1.54, 1.807) is 23.5 Å². The molecule has 0 radical (unpaired) electrons. The molecule has 1 aliphatic rings. The molecule has 5 nitrogen and oxygen atoms in total. The second kappa shape index (κ2) is 6.68. The number of carbonyl (C=O) groups is 1. The number of rotatable bonds is 3. The molecule has 0 spiro atoms. The largest absolute Gasteiger partial charge is 0.507 e. The predicted molar refractivity (Wildman–Crippen MR) is 90.9 cm³/mol. The number of piperazine rings is 1. The van der Waals surface area contributed by atoms with E-state index in [4.69, 9.17) is 0 Å². The van der Waals surface area contributed by atoms with Gasteiger partial charge in [-0.1, -0.05) is 6.07 Å². The first kappa shape index (κ1) is 16.0. The molecule has 3 rings (SSSR count). The lowest BCUT2D eigenvalue weighted by atomic mass is 10.1. The molecule has 0 aliphatic carbocycles. The van der Waals surface area contributed by atoms with Crippen LogP contribution in [0.2, 0.25) is 0 Å². The number of benzene rings is 1. The van der Waals surface area contributed by atoms with Gasteiger partial charge in [0, 0.05) is 38.1 Å². The van der Waals surface area contributed by atoms with Gasteiger partial charge in [-0.15, -0.1) is 11.3 Å². The van der Waals surface area contributed by atoms with Gasteiger partial charge in [-0.25, -0.2) is 4.98 Å². The van der Waals surface area contributed by atoms with Gasteiger partial charge in [0.2, 0.25) is 0 Å². The summed E-state index contributed by atoms with van der Waals surface area (Å²) in [5.74, 6) is -0.0259. The smallest absolute Gasteiger partial charge is 0.257 e. The summed E-state index contributed by atoms with van der Waals surface area (Å²) in [6.45, 7) is 7.75. The Morgan fingerprint density at radius 3 is 2.61 bits per heavy atom. The van der Waals surface area contributed by atoms with Crippen molar-refractivity contribution in [3.8, 4) is 5.75 Å². The maximum atomic E-state index is 12.5. The van der Waals surface area contributed by atoms with Crippen molar-refractivity contribution in [2.45, 2.75) is 20.4 Å². The molecule has 2 aromatic rings. The molecule has 1 fully saturated rings. The molecule has 1 aromatic carbocycles. The Bertz CT molecular complexity index is 706. The van der Waals surface area contributed by atoms with Crippen LogP contribution in [0.5, 0.6) is 5.75 Å². The first-order valence-corrected chi connectivity index (χ1v) is 8.63. The van der Waals surface area contributed by atoms with E-state index in [0.717, 1.165) is 35.9 Å². The number of thiazole rings is 1. The molecule has 0 atom stereocenters. The second-order valence-electron chi connectivity index (χ2n) is 5.95. The fraction of sp³-hybridized carbons (Fsp3) is 0.412. The number of nitrogens with zero attached hydrogens (tertiary/aromatic N) is 3. The molecule has 1 saturated heterocycles. The summed E-state index contributed by atoms with van der Waals surface area (Å²) in [6, 6.07) is 5.19. The van der Waals surface area contributed by atoms with E-state index in [2.05, 4.69) is 15.3 Å². The van der Waals surface area contributed by atoms with Crippen molar-refractivity contribution in [1.82, 2.24) is 14.8 Å². The summed E-state index contributed by atoms with van der Waals surface area (Å²) in [5.41, 5.74) is 2.44. The van der Waals surface area contributed by atoms with Crippen LogP contribution in [0.1, 0.15) is 26.6 Å². The Kier molecular flexibility index (Phi) is 4.63. The van der Waals surface area contributed by atoms with Crippen molar-refractivity contribution >= 4 is 17.2 Å². The number of phenolic OH excluding ortho intramolecular Hbond substituents is 1. The van der Waals surface area contributed by atoms with E-state index >= 15 is 0 Å². The highest BCUT2D eigenvalue weighted by atomic mass is 32.1. The predicted octanol–water partition coefficient (Wildman–Crippen LogP) is 2.42. The Hall–Kier alpha value is -1.92. The first-order chi connectivity index (χ1) is 11.0. The lowest BCUT2D eigenvalue weighted by molar-refractivity contribution is 0.0624. The third-order valence-electron chi connectivity index (χ3n) is 4.10. The van der Waals surface area contributed by atoms with Crippen LogP contribution in [0.15, 0.2) is 23.6 Å². The molecule has 0 saturated carbocycles. The molecule has 122 valence electrons. The summed E-state index contributed by atoms with van der Waals surface area (Å²) in [7, 11) is 0. The van der Waals surface area contributed by atoms with Gasteiger partial charge in [-0.2, -0.15) is 0 Å². The average molecular weight is 331 g/mol. The van der Waals surface area contributed by atoms with Gasteiger partial charge in [0.25, 0.3) is 5.91 Å². The Labute approximate surface area is 140 Å². The summed E-state index contributed by atoms with van der Waals surface area (Å²) in [5, 5.41) is 13.2. The van der Waals surface area contributed by atoms with E-state index in [0.29, 0.717) is 18.7 Å². The molecular weight excluding hydrogens is 310 g/mol. The normalized spacial score (nSPS) is 15.8. The summed E-state index contributed by atoms with van der Waals surface area (Å²) in [4.78, 5) is 21.2.